The highest BCUT2D eigenvalue weighted by Gasteiger charge is 2.37. The number of aromatic nitrogens is 2. The maximum absolute atomic E-state index is 11.8. The van der Waals surface area contributed by atoms with Gasteiger partial charge in [0, 0.05) is 19.3 Å². The van der Waals surface area contributed by atoms with Crippen LogP contribution in [-0.2, 0) is 10.0 Å². The molecule has 0 amide bonds. The Bertz CT molecular complexity index is 419. The molecule has 2 rings (SSSR count). The first-order chi connectivity index (χ1) is 7.01. The van der Waals surface area contributed by atoms with Crippen LogP contribution in [0.15, 0.2) is 17.3 Å². The first kappa shape index (κ1) is 10.6. The first-order valence-corrected chi connectivity index (χ1v) is 5.81. The Morgan fingerprint density at radius 1 is 1.40 bits per heavy atom. The predicted octanol–water partition coefficient (Wildman–Crippen LogP) is -1.86. The molecule has 1 saturated heterocycles. The number of hydrogen-bond donors (Lipinski definition) is 3. The molecule has 2 heterocycles. The molecule has 0 radical (unpaired) electrons. The van der Waals surface area contributed by atoms with E-state index >= 15 is 0 Å². The molecule has 2 unspecified atom stereocenters. The molecule has 1 aliphatic rings. The summed E-state index contributed by atoms with van der Waals surface area (Å²) in [7, 11) is -3.64. The highest BCUT2D eigenvalue weighted by molar-refractivity contribution is 7.89. The minimum absolute atomic E-state index is 0.0313. The number of β-amino-alcohol motifs (C(OH)–C–C–N with tert-alkyl or cyclic N) is 2. The summed E-state index contributed by atoms with van der Waals surface area (Å²) in [5.41, 5.74) is 0. The summed E-state index contributed by atoms with van der Waals surface area (Å²) in [5.74, 6) is 0. The number of nitrogens with one attached hydrogen (secondary N) is 1. The number of rotatable bonds is 2. The number of aliphatic hydroxyl groups is 2. The molecule has 7 nitrogen and oxygen atoms in total. The second kappa shape index (κ2) is 3.56. The summed E-state index contributed by atoms with van der Waals surface area (Å²) in [4.78, 5) is 0.0313. The Hall–Kier alpha value is -0.960. The topological polar surface area (TPSA) is 107 Å². The van der Waals surface area contributed by atoms with Crippen LogP contribution in [0, 0.1) is 0 Å². The summed E-state index contributed by atoms with van der Waals surface area (Å²) >= 11 is 0. The highest BCUT2D eigenvalue weighted by Crippen LogP contribution is 2.20. The van der Waals surface area contributed by atoms with Gasteiger partial charge in [-0.05, 0) is 0 Å². The minimum atomic E-state index is -3.64. The van der Waals surface area contributed by atoms with Crippen molar-refractivity contribution in [2.45, 2.75) is 17.1 Å². The second-order valence-corrected chi connectivity index (χ2v) is 5.33. The number of aliphatic hydroxyl groups excluding tert-OH is 2. The summed E-state index contributed by atoms with van der Waals surface area (Å²) in [6.45, 7) is -0.177. The standard InChI is InChI=1S/C7H11N3O4S/c11-6-3-10(4-7(6)12)15(13,14)5-1-8-9-2-5/h1-2,6-7,11-12H,3-4H2,(H,8,9). The first-order valence-electron chi connectivity index (χ1n) is 4.37. The van der Waals surface area contributed by atoms with Gasteiger partial charge >= 0.3 is 0 Å². The highest BCUT2D eigenvalue weighted by atomic mass is 32.2. The maximum Gasteiger partial charge on any atom is 0.246 e. The lowest BCUT2D eigenvalue weighted by molar-refractivity contribution is 0.0572. The number of hydrogen-bond acceptors (Lipinski definition) is 5. The fourth-order valence-corrected chi connectivity index (χ4v) is 2.84. The van der Waals surface area contributed by atoms with Gasteiger partial charge in [-0.25, -0.2) is 8.42 Å². The van der Waals surface area contributed by atoms with Gasteiger partial charge in [-0.1, -0.05) is 0 Å². The SMILES string of the molecule is O=S(=O)(c1cn[nH]c1)N1CC(O)C(O)C1. The third kappa shape index (κ3) is 1.76. The Kier molecular flexibility index (Phi) is 2.51. The van der Waals surface area contributed by atoms with Gasteiger partial charge in [-0.3, -0.25) is 5.10 Å². The lowest BCUT2D eigenvalue weighted by Gasteiger charge is -2.13. The van der Waals surface area contributed by atoms with Crippen molar-refractivity contribution in [2.75, 3.05) is 13.1 Å². The predicted molar refractivity (Wildman–Crippen MR) is 49.4 cm³/mol. The van der Waals surface area contributed by atoms with E-state index in [4.69, 9.17) is 0 Å². The number of nitrogens with zero attached hydrogens (tertiary/aromatic N) is 2. The van der Waals surface area contributed by atoms with Gasteiger partial charge in [0.1, 0.15) is 4.90 Å². The van der Waals surface area contributed by atoms with Crippen molar-refractivity contribution in [1.82, 2.24) is 14.5 Å². The van der Waals surface area contributed by atoms with Crippen molar-refractivity contribution < 1.29 is 18.6 Å². The van der Waals surface area contributed by atoms with Gasteiger partial charge in [0.2, 0.25) is 10.0 Å². The molecule has 1 aromatic heterocycles. The van der Waals surface area contributed by atoms with Crippen LogP contribution in [0.5, 0.6) is 0 Å². The van der Waals surface area contributed by atoms with Crippen LogP contribution in [0.3, 0.4) is 0 Å². The molecule has 8 heteroatoms. The third-order valence-electron chi connectivity index (χ3n) is 2.34. The molecular weight excluding hydrogens is 222 g/mol. The van der Waals surface area contributed by atoms with Crippen LogP contribution in [0.1, 0.15) is 0 Å². The molecule has 1 aliphatic heterocycles. The normalized spacial score (nSPS) is 28.4. The molecule has 0 aliphatic carbocycles. The smallest absolute Gasteiger partial charge is 0.246 e. The lowest BCUT2D eigenvalue weighted by atomic mass is 10.3. The summed E-state index contributed by atoms with van der Waals surface area (Å²) in [6.07, 6.45) is 0.400. The summed E-state index contributed by atoms with van der Waals surface area (Å²) < 4.78 is 24.7. The van der Waals surface area contributed by atoms with E-state index in [0.29, 0.717) is 0 Å². The average molecular weight is 233 g/mol. The van der Waals surface area contributed by atoms with E-state index in [1.54, 1.807) is 0 Å². The van der Waals surface area contributed by atoms with Crippen LogP contribution in [0.25, 0.3) is 0 Å². The number of aromatic amines is 1. The third-order valence-corrected chi connectivity index (χ3v) is 4.13. The van der Waals surface area contributed by atoms with Crippen molar-refractivity contribution in [3.05, 3.63) is 12.4 Å². The van der Waals surface area contributed by atoms with E-state index < -0.39 is 22.2 Å². The molecule has 3 N–H and O–H groups in total. The van der Waals surface area contributed by atoms with Gasteiger partial charge in [0.15, 0.2) is 0 Å². The van der Waals surface area contributed by atoms with Gasteiger partial charge in [-0.2, -0.15) is 9.40 Å². The summed E-state index contributed by atoms with van der Waals surface area (Å²) in [6, 6.07) is 0. The van der Waals surface area contributed by atoms with E-state index in [1.807, 2.05) is 0 Å². The van der Waals surface area contributed by atoms with Gasteiger partial charge in [-0.15, -0.1) is 0 Å². The van der Waals surface area contributed by atoms with Crippen LogP contribution in [-0.4, -0.2) is 58.4 Å². The zero-order chi connectivity index (χ0) is 11.1. The van der Waals surface area contributed by atoms with Crippen LogP contribution < -0.4 is 0 Å². The quantitative estimate of drug-likeness (QED) is 0.555. The molecule has 84 valence electrons. The van der Waals surface area contributed by atoms with Crippen molar-refractivity contribution in [1.29, 1.82) is 0 Å². The molecule has 0 bridgehead atoms. The van der Waals surface area contributed by atoms with Crippen molar-refractivity contribution in [3.63, 3.8) is 0 Å². The van der Waals surface area contributed by atoms with Gasteiger partial charge in [0.05, 0.1) is 18.4 Å². The molecule has 1 aromatic rings. The molecule has 2 atom stereocenters. The maximum atomic E-state index is 11.8. The number of H-pyrrole nitrogens is 1. The van der Waals surface area contributed by atoms with Crippen LogP contribution >= 0.6 is 0 Å². The largest absolute Gasteiger partial charge is 0.389 e. The van der Waals surface area contributed by atoms with Gasteiger partial charge < -0.3 is 10.2 Å². The monoisotopic (exact) mass is 233 g/mol. The van der Waals surface area contributed by atoms with Crippen molar-refractivity contribution in [3.8, 4) is 0 Å². The number of sulfonamides is 1. The Balaban J connectivity index is 2.25. The molecule has 0 aromatic carbocycles. The average Bonchev–Trinajstić information content (AvgIpc) is 2.77. The van der Waals surface area contributed by atoms with Crippen LogP contribution in [0.2, 0.25) is 0 Å². The zero-order valence-corrected chi connectivity index (χ0v) is 8.55. The Morgan fingerprint density at radius 3 is 2.47 bits per heavy atom. The Labute approximate surface area is 86.4 Å². The van der Waals surface area contributed by atoms with Gasteiger partial charge in [0.25, 0.3) is 0 Å². The minimum Gasteiger partial charge on any atom is -0.389 e. The molecule has 0 spiro atoms. The zero-order valence-electron chi connectivity index (χ0n) is 7.74. The van der Waals surface area contributed by atoms with E-state index in [2.05, 4.69) is 10.2 Å². The van der Waals surface area contributed by atoms with Crippen molar-refractivity contribution >= 4 is 10.0 Å². The Morgan fingerprint density at radius 2 is 2.00 bits per heavy atom. The summed E-state index contributed by atoms with van der Waals surface area (Å²) in [5, 5.41) is 24.4. The van der Waals surface area contributed by atoms with E-state index in [1.165, 1.54) is 12.4 Å². The van der Waals surface area contributed by atoms with E-state index in [-0.39, 0.29) is 18.0 Å². The van der Waals surface area contributed by atoms with Crippen molar-refractivity contribution in [2.24, 2.45) is 0 Å². The van der Waals surface area contributed by atoms with E-state index in [0.717, 1.165) is 4.31 Å². The fourth-order valence-electron chi connectivity index (χ4n) is 1.46. The van der Waals surface area contributed by atoms with Crippen LogP contribution in [0.4, 0.5) is 0 Å². The molecule has 0 saturated carbocycles. The van der Waals surface area contributed by atoms with E-state index in [9.17, 15) is 18.6 Å². The molecule has 1 fully saturated rings. The molecular formula is C7H11N3O4S. The second-order valence-electron chi connectivity index (χ2n) is 3.39. The fraction of sp³-hybridized carbons (Fsp3) is 0.571. The lowest BCUT2D eigenvalue weighted by Crippen LogP contribution is -2.29. The molecule has 15 heavy (non-hydrogen) atoms.